The van der Waals surface area contributed by atoms with Crippen molar-refractivity contribution in [1.29, 1.82) is 0 Å². The van der Waals surface area contributed by atoms with Gasteiger partial charge < -0.3 is 37.3 Å². The minimum absolute atomic E-state index is 0.0840. The fourth-order valence-corrected chi connectivity index (χ4v) is 4.66. The van der Waals surface area contributed by atoms with Crippen molar-refractivity contribution in [2.24, 2.45) is 0 Å². The molecule has 234 valence electrons. The van der Waals surface area contributed by atoms with Crippen LogP contribution >= 0.6 is 0 Å². The maximum atomic E-state index is 6.26. The molecule has 0 aromatic carbocycles. The van der Waals surface area contributed by atoms with Crippen LogP contribution < -0.4 is 37.3 Å². The summed E-state index contributed by atoms with van der Waals surface area (Å²) in [5.41, 5.74) is 26.0. The second-order valence-electron chi connectivity index (χ2n) is 11.8. The molecule has 0 saturated carbocycles. The molecule has 0 fully saturated rings. The molecule has 0 amide bonds. The van der Waals surface area contributed by atoms with Crippen LogP contribution in [-0.2, 0) is 5.41 Å². The van der Waals surface area contributed by atoms with Crippen molar-refractivity contribution >= 4 is 29.4 Å². The maximum Gasteiger partial charge on any atom is 0.222 e. The van der Waals surface area contributed by atoms with Crippen LogP contribution in [0, 0.1) is 0 Å². The molecule has 4 aromatic heterocycles. The van der Waals surface area contributed by atoms with E-state index in [1.54, 1.807) is 0 Å². The van der Waals surface area contributed by atoms with Gasteiger partial charge in [-0.15, -0.1) is 0 Å². The van der Waals surface area contributed by atoms with Crippen molar-refractivity contribution in [2.75, 3.05) is 41.4 Å². The van der Waals surface area contributed by atoms with Crippen LogP contribution in [0.25, 0.3) is 0 Å². The molecule has 4 heterocycles. The van der Waals surface area contributed by atoms with Gasteiger partial charge in [0.25, 0.3) is 0 Å². The summed E-state index contributed by atoms with van der Waals surface area (Å²) in [5, 5.41) is 0. The first-order valence-electron chi connectivity index (χ1n) is 14.6. The summed E-state index contributed by atoms with van der Waals surface area (Å²) in [6, 6.07) is 3.89. The van der Waals surface area contributed by atoms with Crippen molar-refractivity contribution in [3.05, 3.63) is 53.7 Å². The standard InChI is InChI=1S/C31H43N11O2/c1-8-42(7)26-12-22(44-24-16-39-30(35)41-28(24)33)20(14-37-26)18(4)9-10-31(5,6)25-11-21(19(13-36-25)17(2)3)43-23-15-38-29(34)40-27(23)32/h11-18H,8-10H2,1-7H3,(H4,32,34,38,40)(H4,33,35,39,41). The lowest BCUT2D eigenvalue weighted by Crippen LogP contribution is -2.20. The van der Waals surface area contributed by atoms with Crippen molar-refractivity contribution < 1.29 is 9.47 Å². The Morgan fingerprint density at radius 3 is 1.82 bits per heavy atom. The molecule has 0 saturated heterocycles. The fourth-order valence-electron chi connectivity index (χ4n) is 4.66. The van der Waals surface area contributed by atoms with Crippen molar-refractivity contribution in [3.8, 4) is 23.0 Å². The summed E-state index contributed by atoms with van der Waals surface area (Å²) in [5.74, 6) is 3.53. The lowest BCUT2D eigenvalue weighted by molar-refractivity contribution is 0.413. The van der Waals surface area contributed by atoms with E-state index in [4.69, 9.17) is 42.4 Å². The third kappa shape index (κ3) is 7.33. The van der Waals surface area contributed by atoms with Crippen LogP contribution in [0.4, 0.5) is 29.4 Å². The van der Waals surface area contributed by atoms with E-state index < -0.39 is 0 Å². The van der Waals surface area contributed by atoms with Gasteiger partial charge in [0, 0.05) is 60.4 Å². The monoisotopic (exact) mass is 601 g/mol. The molecule has 13 heteroatoms. The number of pyridine rings is 2. The van der Waals surface area contributed by atoms with E-state index in [0.29, 0.717) is 23.0 Å². The Morgan fingerprint density at radius 2 is 1.30 bits per heavy atom. The normalized spacial score (nSPS) is 12.3. The zero-order valence-electron chi connectivity index (χ0n) is 26.5. The lowest BCUT2D eigenvalue weighted by atomic mass is 9.80. The number of hydrogen-bond acceptors (Lipinski definition) is 13. The summed E-state index contributed by atoms with van der Waals surface area (Å²) in [7, 11) is 1.97. The smallest absolute Gasteiger partial charge is 0.222 e. The summed E-state index contributed by atoms with van der Waals surface area (Å²) < 4.78 is 12.5. The van der Waals surface area contributed by atoms with E-state index in [9.17, 15) is 0 Å². The SMILES string of the molecule is CCN(C)c1cc(Oc2cnc(N)nc2N)c(C(C)CCC(C)(C)c2cc(Oc3cnc(N)nc3N)c(C(C)C)cn2)cn1. The number of ether oxygens (including phenoxy) is 2. The molecular weight excluding hydrogens is 558 g/mol. The quantitative estimate of drug-likeness (QED) is 0.160. The molecule has 8 N–H and O–H groups in total. The average molecular weight is 602 g/mol. The van der Waals surface area contributed by atoms with Gasteiger partial charge in [0.2, 0.25) is 11.9 Å². The average Bonchev–Trinajstić information content (AvgIpc) is 2.98. The molecule has 0 aliphatic rings. The van der Waals surface area contributed by atoms with Gasteiger partial charge in [-0.1, -0.05) is 34.6 Å². The van der Waals surface area contributed by atoms with Gasteiger partial charge in [-0.05, 0) is 31.6 Å². The van der Waals surface area contributed by atoms with Gasteiger partial charge in [0.1, 0.15) is 17.3 Å². The molecular formula is C31H43N11O2. The highest BCUT2D eigenvalue weighted by Crippen LogP contribution is 2.40. The van der Waals surface area contributed by atoms with E-state index in [0.717, 1.165) is 42.0 Å². The highest BCUT2D eigenvalue weighted by molar-refractivity contribution is 5.54. The Kier molecular flexibility index (Phi) is 9.56. The minimum atomic E-state index is -0.295. The Hall–Kier alpha value is -4.94. The Balaban J connectivity index is 1.59. The number of anilines is 5. The summed E-state index contributed by atoms with van der Waals surface area (Å²) >= 11 is 0. The molecule has 4 rings (SSSR count). The number of nitrogens with two attached hydrogens (primary N) is 4. The zero-order chi connectivity index (χ0) is 32.2. The Labute approximate surface area is 258 Å². The minimum Gasteiger partial charge on any atom is -0.451 e. The van der Waals surface area contributed by atoms with Gasteiger partial charge in [0.15, 0.2) is 23.1 Å². The molecule has 4 aromatic rings. The first-order chi connectivity index (χ1) is 20.8. The number of aromatic nitrogens is 6. The van der Waals surface area contributed by atoms with Crippen molar-refractivity contribution in [2.45, 2.75) is 71.6 Å². The van der Waals surface area contributed by atoms with Gasteiger partial charge in [-0.25, -0.2) is 15.0 Å². The van der Waals surface area contributed by atoms with Gasteiger partial charge >= 0.3 is 0 Å². The van der Waals surface area contributed by atoms with E-state index >= 15 is 0 Å². The van der Waals surface area contributed by atoms with E-state index in [-0.39, 0.29) is 40.8 Å². The first-order valence-corrected chi connectivity index (χ1v) is 14.6. The van der Waals surface area contributed by atoms with E-state index in [1.165, 1.54) is 12.4 Å². The molecule has 44 heavy (non-hydrogen) atoms. The Bertz CT molecular complexity index is 1610. The maximum absolute atomic E-state index is 6.26. The zero-order valence-corrected chi connectivity index (χ0v) is 26.5. The molecule has 0 aliphatic heterocycles. The molecule has 1 unspecified atom stereocenters. The first kappa shape index (κ1) is 32.0. The van der Waals surface area contributed by atoms with E-state index in [2.05, 4.69) is 61.5 Å². The van der Waals surface area contributed by atoms with Crippen molar-refractivity contribution in [1.82, 2.24) is 29.9 Å². The molecule has 0 aliphatic carbocycles. The van der Waals surface area contributed by atoms with Crippen molar-refractivity contribution in [3.63, 3.8) is 0 Å². The largest absolute Gasteiger partial charge is 0.451 e. The topological polar surface area (TPSA) is 203 Å². The Morgan fingerprint density at radius 1 is 0.750 bits per heavy atom. The number of rotatable bonds is 12. The van der Waals surface area contributed by atoms with Crippen LogP contribution in [0.5, 0.6) is 23.0 Å². The van der Waals surface area contributed by atoms with Crippen LogP contribution in [-0.4, -0.2) is 43.5 Å². The molecule has 13 nitrogen and oxygen atoms in total. The van der Waals surface area contributed by atoms with Crippen LogP contribution in [0.15, 0.2) is 36.9 Å². The second kappa shape index (κ2) is 13.1. The number of nitrogens with zero attached hydrogens (tertiary/aromatic N) is 7. The second-order valence-corrected chi connectivity index (χ2v) is 11.8. The predicted molar refractivity (Wildman–Crippen MR) is 174 cm³/mol. The molecule has 1 atom stereocenters. The third-order valence-corrected chi connectivity index (χ3v) is 7.73. The summed E-state index contributed by atoms with van der Waals surface area (Å²) in [6.07, 6.45) is 8.34. The lowest BCUT2D eigenvalue weighted by Gasteiger charge is -2.28. The summed E-state index contributed by atoms with van der Waals surface area (Å²) in [4.78, 5) is 27.7. The third-order valence-electron chi connectivity index (χ3n) is 7.73. The van der Waals surface area contributed by atoms with Crippen LogP contribution in [0.2, 0.25) is 0 Å². The molecule has 0 spiro atoms. The molecule has 0 radical (unpaired) electrons. The highest BCUT2D eigenvalue weighted by atomic mass is 16.5. The van der Waals surface area contributed by atoms with Gasteiger partial charge in [0.05, 0.1) is 12.4 Å². The van der Waals surface area contributed by atoms with Gasteiger partial charge in [-0.2, -0.15) is 9.97 Å². The predicted octanol–water partition coefficient (Wildman–Crippen LogP) is 5.41. The summed E-state index contributed by atoms with van der Waals surface area (Å²) in [6.45, 7) is 13.5. The number of nitrogen functional groups attached to an aromatic ring is 4. The van der Waals surface area contributed by atoms with Gasteiger partial charge in [-0.3, -0.25) is 4.98 Å². The fraction of sp³-hybridized carbons (Fsp3) is 0.419. The van der Waals surface area contributed by atoms with E-state index in [1.807, 2.05) is 36.5 Å². The number of hydrogen-bond donors (Lipinski definition) is 4. The highest BCUT2D eigenvalue weighted by Gasteiger charge is 2.27. The van der Waals surface area contributed by atoms with Crippen LogP contribution in [0.1, 0.15) is 83.0 Å². The molecule has 0 bridgehead atoms. The van der Waals surface area contributed by atoms with Crippen LogP contribution in [0.3, 0.4) is 0 Å².